The summed E-state index contributed by atoms with van der Waals surface area (Å²) in [7, 11) is -1.16. The van der Waals surface area contributed by atoms with E-state index in [1.54, 1.807) is 0 Å². The molecule has 0 bridgehead atoms. The van der Waals surface area contributed by atoms with Crippen molar-refractivity contribution in [2.24, 2.45) is 11.8 Å². The molecule has 10 heavy (non-hydrogen) atoms. The molecule has 0 aromatic heterocycles. The van der Waals surface area contributed by atoms with Gasteiger partial charge < -0.3 is 0 Å². The molecule has 0 saturated heterocycles. The van der Waals surface area contributed by atoms with E-state index in [-0.39, 0.29) is 5.25 Å². The summed E-state index contributed by atoms with van der Waals surface area (Å²) in [6.45, 7) is 13.5. The van der Waals surface area contributed by atoms with Crippen LogP contribution in [-0.2, 0) is 10.0 Å². The fourth-order valence-electron chi connectivity index (χ4n) is 0.754. The van der Waals surface area contributed by atoms with Crippen LogP contribution in [0.2, 0.25) is 0 Å². The van der Waals surface area contributed by atoms with Gasteiger partial charge in [-0.3, -0.25) is 0 Å². The van der Waals surface area contributed by atoms with E-state index in [1.807, 2.05) is 6.92 Å². The molecule has 0 aromatic rings. The van der Waals surface area contributed by atoms with Crippen molar-refractivity contribution in [3.05, 3.63) is 0 Å². The van der Waals surface area contributed by atoms with Crippen LogP contribution in [0.15, 0.2) is 0 Å². The summed E-state index contributed by atoms with van der Waals surface area (Å²) in [5, 5.41) is 0.111. The van der Waals surface area contributed by atoms with Crippen LogP contribution in [0.25, 0.3) is 0 Å². The molecule has 0 N–H and O–H groups in total. The van der Waals surface area contributed by atoms with Crippen LogP contribution in [0.4, 0.5) is 0 Å². The van der Waals surface area contributed by atoms with Crippen LogP contribution in [0, 0.1) is 11.8 Å². The molecule has 0 aliphatic rings. The average Bonchev–Trinajstić information content (AvgIpc) is 1.84. The van der Waals surface area contributed by atoms with Crippen molar-refractivity contribution >= 4 is 16.6 Å². The molecule has 1 unspecified atom stereocenters. The maximum absolute atomic E-state index is 10.8. The molecular formula is C7H15BOS. The molecule has 1 nitrogen and oxygen atoms in total. The van der Waals surface area contributed by atoms with Crippen LogP contribution < -0.4 is 0 Å². The first-order valence-corrected chi connectivity index (χ1v) is 4.89. The molecule has 0 radical (unpaired) electrons. The summed E-state index contributed by atoms with van der Waals surface area (Å²) in [6.07, 6.45) is 0. The van der Waals surface area contributed by atoms with Crippen molar-refractivity contribution in [1.82, 2.24) is 0 Å². The molecule has 0 aromatic carbocycles. The quantitative estimate of drug-likeness (QED) is 0.556. The molecule has 0 spiro atoms. The standard InChI is InChI=1S/C7H15BOS/c1-5(2)6(3)7(4)10(8)9/h5-7H,1-4H3/t6-,7?/m1/s1. The van der Waals surface area contributed by atoms with Crippen LogP contribution >= 0.6 is 0 Å². The van der Waals surface area contributed by atoms with Gasteiger partial charge >= 0.3 is 65.6 Å². The van der Waals surface area contributed by atoms with Gasteiger partial charge in [0.2, 0.25) is 0 Å². The second-order valence-corrected chi connectivity index (χ2v) is 4.54. The van der Waals surface area contributed by atoms with Crippen LogP contribution in [0.5, 0.6) is 0 Å². The van der Waals surface area contributed by atoms with E-state index in [9.17, 15) is 4.21 Å². The minimum atomic E-state index is -1.16. The Bertz CT molecular complexity index is 205. The van der Waals surface area contributed by atoms with Gasteiger partial charge in [0.05, 0.1) is 0 Å². The molecule has 0 saturated carbocycles. The third kappa shape index (κ3) is 2.78. The van der Waals surface area contributed by atoms with Crippen LogP contribution in [-0.4, -0.2) is 16.0 Å². The van der Waals surface area contributed by atoms with Gasteiger partial charge in [0.1, 0.15) is 0 Å². The van der Waals surface area contributed by atoms with Gasteiger partial charge in [0, 0.05) is 0 Å². The summed E-state index contributed by atoms with van der Waals surface area (Å²) < 4.78 is 10.8. The molecule has 0 amide bonds. The zero-order valence-corrected chi connectivity index (χ0v) is 7.94. The van der Waals surface area contributed by atoms with Gasteiger partial charge in [0.15, 0.2) is 0 Å². The van der Waals surface area contributed by atoms with Crippen molar-refractivity contribution in [1.29, 1.82) is 0 Å². The average molecular weight is 158 g/mol. The Morgan fingerprint density at radius 1 is 1.20 bits per heavy atom. The predicted molar refractivity (Wildman–Crippen MR) is 47.4 cm³/mol. The number of hydrogen-bond acceptors (Lipinski definition) is 1. The van der Waals surface area contributed by atoms with E-state index in [1.165, 1.54) is 0 Å². The molecule has 3 heteroatoms. The molecule has 2 atom stereocenters. The van der Waals surface area contributed by atoms with Crippen molar-refractivity contribution in [2.75, 3.05) is 0 Å². The van der Waals surface area contributed by atoms with Crippen LogP contribution in [0.1, 0.15) is 27.7 Å². The molecular weight excluding hydrogens is 143 g/mol. The molecule has 0 heterocycles. The van der Waals surface area contributed by atoms with Gasteiger partial charge in [-0.1, -0.05) is 0 Å². The Kier molecular flexibility index (Phi) is 4.10. The normalized spacial score (nSPS) is 17.1. The molecule has 0 fully saturated rings. The van der Waals surface area contributed by atoms with E-state index in [4.69, 9.17) is 6.53 Å². The Balaban J connectivity index is 4.12. The first kappa shape index (κ1) is 10.1. The van der Waals surface area contributed by atoms with E-state index in [0.29, 0.717) is 11.8 Å². The van der Waals surface area contributed by atoms with Crippen molar-refractivity contribution in [3.8, 4) is 0 Å². The van der Waals surface area contributed by atoms with E-state index in [2.05, 4.69) is 20.8 Å². The van der Waals surface area contributed by atoms with Crippen LogP contribution in [0.3, 0.4) is 0 Å². The predicted octanol–water partition coefficient (Wildman–Crippen LogP) is 1.50. The molecule has 0 aliphatic carbocycles. The Labute approximate surface area is 66.1 Å². The van der Waals surface area contributed by atoms with Crippen molar-refractivity contribution in [3.63, 3.8) is 0 Å². The summed E-state index contributed by atoms with van der Waals surface area (Å²) in [5.41, 5.74) is 0. The van der Waals surface area contributed by atoms with Gasteiger partial charge in [-0.05, 0) is 0 Å². The summed E-state index contributed by atoms with van der Waals surface area (Å²) in [6, 6.07) is 0. The maximum atomic E-state index is 10.8. The fourth-order valence-corrected chi connectivity index (χ4v) is 1.49. The topological polar surface area (TPSA) is 17.1 Å². The number of hydrogen-bond donors (Lipinski definition) is 0. The zero-order valence-electron chi connectivity index (χ0n) is 7.13. The van der Waals surface area contributed by atoms with E-state index in [0.717, 1.165) is 0 Å². The van der Waals surface area contributed by atoms with Gasteiger partial charge in [0.25, 0.3) is 0 Å². The molecule has 0 aliphatic heterocycles. The monoisotopic (exact) mass is 158 g/mol. The third-order valence-corrected chi connectivity index (χ3v) is 3.32. The van der Waals surface area contributed by atoms with Crippen molar-refractivity contribution in [2.45, 2.75) is 32.9 Å². The third-order valence-electron chi connectivity index (χ3n) is 2.16. The van der Waals surface area contributed by atoms with E-state index < -0.39 is 10.0 Å². The van der Waals surface area contributed by atoms with Gasteiger partial charge in [-0.25, -0.2) is 0 Å². The first-order chi connectivity index (χ1) is 4.46. The number of rotatable bonds is 2. The summed E-state index contributed by atoms with van der Waals surface area (Å²) in [5.74, 6) is 0.994. The Morgan fingerprint density at radius 3 is 1.70 bits per heavy atom. The van der Waals surface area contributed by atoms with Gasteiger partial charge in [-0.15, -0.1) is 0 Å². The molecule has 0 rings (SSSR count). The van der Waals surface area contributed by atoms with E-state index >= 15 is 0 Å². The van der Waals surface area contributed by atoms with Crippen molar-refractivity contribution < 1.29 is 4.21 Å². The first-order valence-electron chi connectivity index (χ1n) is 3.61. The summed E-state index contributed by atoms with van der Waals surface area (Å²) >= 11 is 0. The Morgan fingerprint density at radius 2 is 1.60 bits per heavy atom. The second-order valence-electron chi connectivity index (χ2n) is 3.14. The fraction of sp³-hybridized carbons (Fsp3) is 1.00. The Hall–Kier alpha value is 0.0849. The zero-order chi connectivity index (χ0) is 8.31. The van der Waals surface area contributed by atoms with Gasteiger partial charge in [-0.2, -0.15) is 0 Å². The second kappa shape index (κ2) is 4.07. The molecule has 58 valence electrons. The minimum absolute atomic E-state index is 0.111. The summed E-state index contributed by atoms with van der Waals surface area (Å²) in [4.78, 5) is 0. The SMILES string of the molecule is B#S(=O)C(C)[C@H](C)C(C)C.